The SMILES string of the molecule is N#CCCN(C=O)CCCl. The second-order valence-electron chi connectivity index (χ2n) is 1.74. The molecule has 0 fully saturated rings. The first-order chi connectivity index (χ1) is 4.85. The largest absolute Gasteiger partial charge is 0.343 e. The van der Waals surface area contributed by atoms with Gasteiger partial charge in [0.05, 0.1) is 12.5 Å². The molecule has 0 aromatic carbocycles. The summed E-state index contributed by atoms with van der Waals surface area (Å²) in [7, 11) is 0. The van der Waals surface area contributed by atoms with Crippen molar-refractivity contribution in [2.75, 3.05) is 19.0 Å². The second kappa shape index (κ2) is 6.37. The zero-order chi connectivity index (χ0) is 7.82. The molecule has 1 amide bonds. The number of halogens is 1. The summed E-state index contributed by atoms with van der Waals surface area (Å²) >= 11 is 5.37. The normalized spacial score (nSPS) is 8.40. The number of nitrogens with zero attached hydrogens (tertiary/aromatic N) is 2. The van der Waals surface area contributed by atoms with E-state index >= 15 is 0 Å². The molecule has 0 radical (unpaired) electrons. The van der Waals surface area contributed by atoms with Crippen molar-refractivity contribution in [1.82, 2.24) is 4.90 Å². The summed E-state index contributed by atoms with van der Waals surface area (Å²) in [5.41, 5.74) is 0. The van der Waals surface area contributed by atoms with Gasteiger partial charge >= 0.3 is 0 Å². The van der Waals surface area contributed by atoms with E-state index in [1.807, 2.05) is 6.07 Å². The highest BCUT2D eigenvalue weighted by Crippen LogP contribution is 1.87. The van der Waals surface area contributed by atoms with E-state index in [1.165, 1.54) is 4.90 Å². The molecule has 0 aliphatic heterocycles. The summed E-state index contributed by atoms with van der Waals surface area (Å²) in [5, 5.41) is 8.15. The number of alkyl halides is 1. The van der Waals surface area contributed by atoms with Crippen LogP contribution in [0.5, 0.6) is 0 Å². The molecule has 4 heteroatoms. The van der Waals surface area contributed by atoms with Gasteiger partial charge in [0.25, 0.3) is 0 Å². The minimum atomic E-state index is 0.371. The van der Waals surface area contributed by atoms with E-state index < -0.39 is 0 Å². The molecule has 56 valence electrons. The van der Waals surface area contributed by atoms with Gasteiger partial charge in [-0.3, -0.25) is 4.79 Å². The van der Waals surface area contributed by atoms with Crippen LogP contribution in [0.2, 0.25) is 0 Å². The van der Waals surface area contributed by atoms with Crippen molar-refractivity contribution in [3.63, 3.8) is 0 Å². The van der Waals surface area contributed by atoms with Crippen LogP contribution in [0.4, 0.5) is 0 Å². The molecule has 0 spiro atoms. The summed E-state index contributed by atoms with van der Waals surface area (Å²) in [6.07, 6.45) is 1.08. The lowest BCUT2D eigenvalue weighted by molar-refractivity contribution is -0.117. The Morgan fingerprint density at radius 2 is 2.30 bits per heavy atom. The Morgan fingerprint density at radius 3 is 2.70 bits per heavy atom. The Hall–Kier alpha value is -0.750. The Kier molecular flexibility index (Phi) is 5.89. The first kappa shape index (κ1) is 9.25. The molecule has 0 atom stereocenters. The maximum absolute atomic E-state index is 10.2. The van der Waals surface area contributed by atoms with Crippen LogP contribution in [-0.4, -0.2) is 30.3 Å². The van der Waals surface area contributed by atoms with E-state index in [0.29, 0.717) is 31.8 Å². The fourth-order valence-electron chi connectivity index (χ4n) is 0.519. The molecule has 0 unspecified atom stereocenters. The van der Waals surface area contributed by atoms with Crippen molar-refractivity contribution in [1.29, 1.82) is 5.26 Å². The molecule has 0 rings (SSSR count). The van der Waals surface area contributed by atoms with Crippen LogP contribution in [0.15, 0.2) is 0 Å². The molecule has 0 bridgehead atoms. The fraction of sp³-hybridized carbons (Fsp3) is 0.667. The van der Waals surface area contributed by atoms with Crippen LogP contribution in [0.25, 0.3) is 0 Å². The minimum Gasteiger partial charge on any atom is -0.343 e. The Labute approximate surface area is 65.2 Å². The van der Waals surface area contributed by atoms with Crippen molar-refractivity contribution in [2.45, 2.75) is 6.42 Å². The molecule has 0 aliphatic carbocycles. The van der Waals surface area contributed by atoms with E-state index in [4.69, 9.17) is 16.9 Å². The third kappa shape index (κ3) is 4.16. The number of rotatable bonds is 5. The molecule has 3 nitrogen and oxygen atoms in total. The topological polar surface area (TPSA) is 44.1 Å². The third-order valence-electron chi connectivity index (χ3n) is 1.03. The molecular weight excluding hydrogens is 152 g/mol. The van der Waals surface area contributed by atoms with Gasteiger partial charge in [-0.2, -0.15) is 5.26 Å². The Bertz CT molecular complexity index is 132. The first-order valence-electron chi connectivity index (χ1n) is 2.97. The highest BCUT2D eigenvalue weighted by atomic mass is 35.5. The van der Waals surface area contributed by atoms with E-state index in [9.17, 15) is 4.79 Å². The second-order valence-corrected chi connectivity index (χ2v) is 2.12. The standard InChI is InChI=1S/C6H9ClN2O/c7-2-5-9(6-10)4-1-3-8/h6H,1-2,4-5H2. The summed E-state index contributed by atoms with van der Waals surface area (Å²) in [4.78, 5) is 11.6. The fourth-order valence-corrected chi connectivity index (χ4v) is 0.736. The van der Waals surface area contributed by atoms with Gasteiger partial charge in [-0.25, -0.2) is 0 Å². The zero-order valence-electron chi connectivity index (χ0n) is 5.59. The van der Waals surface area contributed by atoms with E-state index in [-0.39, 0.29) is 0 Å². The van der Waals surface area contributed by atoms with Gasteiger partial charge in [0, 0.05) is 19.0 Å². The number of carbonyl (C=O) groups excluding carboxylic acids is 1. The molecule has 0 N–H and O–H groups in total. The smallest absolute Gasteiger partial charge is 0.209 e. The van der Waals surface area contributed by atoms with Crippen molar-refractivity contribution < 1.29 is 4.79 Å². The molecule has 10 heavy (non-hydrogen) atoms. The molecule has 0 aromatic heterocycles. The van der Waals surface area contributed by atoms with E-state index in [1.54, 1.807) is 0 Å². The number of carbonyl (C=O) groups is 1. The number of amides is 1. The molecule has 0 aromatic rings. The summed E-state index contributed by atoms with van der Waals surface area (Å²) < 4.78 is 0. The first-order valence-corrected chi connectivity index (χ1v) is 3.51. The summed E-state index contributed by atoms with van der Waals surface area (Å²) in [6.45, 7) is 0.999. The number of hydrogen-bond donors (Lipinski definition) is 0. The predicted octanol–water partition coefficient (Wildman–Crippen LogP) is 0.597. The number of nitriles is 1. The average Bonchev–Trinajstić information content (AvgIpc) is 1.98. The monoisotopic (exact) mass is 160 g/mol. The lowest BCUT2D eigenvalue weighted by atomic mass is 10.4. The highest BCUT2D eigenvalue weighted by Gasteiger charge is 1.97. The van der Waals surface area contributed by atoms with Crippen LogP contribution in [0.1, 0.15) is 6.42 Å². The van der Waals surface area contributed by atoms with Gasteiger partial charge in [-0.15, -0.1) is 11.6 Å². The maximum atomic E-state index is 10.2. The van der Waals surface area contributed by atoms with Crippen molar-refractivity contribution in [3.8, 4) is 6.07 Å². The quantitative estimate of drug-likeness (QED) is 0.437. The van der Waals surface area contributed by atoms with Gasteiger partial charge in [-0.05, 0) is 0 Å². The highest BCUT2D eigenvalue weighted by molar-refractivity contribution is 6.18. The van der Waals surface area contributed by atoms with Gasteiger partial charge in [0.2, 0.25) is 6.41 Å². The molecule has 0 saturated carbocycles. The van der Waals surface area contributed by atoms with Crippen LogP contribution < -0.4 is 0 Å². The van der Waals surface area contributed by atoms with Crippen molar-refractivity contribution in [2.24, 2.45) is 0 Å². The van der Waals surface area contributed by atoms with Crippen LogP contribution in [0.3, 0.4) is 0 Å². The molecular formula is C6H9ClN2O. The van der Waals surface area contributed by atoms with E-state index in [2.05, 4.69) is 0 Å². The minimum absolute atomic E-state index is 0.371. The number of hydrogen-bond acceptors (Lipinski definition) is 2. The lowest BCUT2D eigenvalue weighted by Gasteiger charge is -2.12. The van der Waals surface area contributed by atoms with Crippen LogP contribution in [0, 0.1) is 11.3 Å². The summed E-state index contributed by atoms with van der Waals surface area (Å²) in [6, 6.07) is 1.95. The maximum Gasteiger partial charge on any atom is 0.209 e. The Morgan fingerprint density at radius 1 is 1.60 bits per heavy atom. The van der Waals surface area contributed by atoms with Crippen LogP contribution >= 0.6 is 11.6 Å². The van der Waals surface area contributed by atoms with Crippen LogP contribution in [-0.2, 0) is 4.79 Å². The van der Waals surface area contributed by atoms with Crippen molar-refractivity contribution >= 4 is 18.0 Å². The lowest BCUT2D eigenvalue weighted by Crippen LogP contribution is -2.24. The molecule has 0 saturated heterocycles. The van der Waals surface area contributed by atoms with E-state index in [0.717, 1.165) is 0 Å². The van der Waals surface area contributed by atoms with Gasteiger partial charge in [-0.1, -0.05) is 0 Å². The predicted molar refractivity (Wildman–Crippen MR) is 38.6 cm³/mol. The van der Waals surface area contributed by atoms with Crippen molar-refractivity contribution in [3.05, 3.63) is 0 Å². The zero-order valence-corrected chi connectivity index (χ0v) is 6.34. The third-order valence-corrected chi connectivity index (χ3v) is 1.20. The average molecular weight is 161 g/mol. The Balaban J connectivity index is 3.41. The van der Waals surface area contributed by atoms with Gasteiger partial charge in [0.15, 0.2) is 0 Å². The summed E-state index contributed by atoms with van der Waals surface area (Å²) in [5.74, 6) is 0.421. The van der Waals surface area contributed by atoms with Gasteiger partial charge in [0.1, 0.15) is 0 Å². The molecule has 0 heterocycles. The molecule has 0 aliphatic rings. The van der Waals surface area contributed by atoms with Gasteiger partial charge < -0.3 is 4.90 Å².